The second kappa shape index (κ2) is 9.42. The number of unbranched alkanes of at least 4 members (excludes halogenated alkanes) is 1. The van der Waals surface area contributed by atoms with Crippen molar-refractivity contribution in [1.82, 2.24) is 9.97 Å². The van der Waals surface area contributed by atoms with Gasteiger partial charge in [-0.1, -0.05) is 43.7 Å². The Bertz CT molecular complexity index is 791. The van der Waals surface area contributed by atoms with Gasteiger partial charge in [-0.15, -0.1) is 0 Å². The van der Waals surface area contributed by atoms with Gasteiger partial charge in [-0.25, -0.2) is 4.98 Å². The van der Waals surface area contributed by atoms with Crippen LogP contribution in [0.15, 0.2) is 66.9 Å². The van der Waals surface area contributed by atoms with Crippen molar-refractivity contribution in [2.24, 2.45) is 0 Å². The van der Waals surface area contributed by atoms with E-state index < -0.39 is 0 Å². The number of ether oxygens (including phenoxy) is 1. The smallest absolute Gasteiger partial charge is 0.224 e. The molecule has 0 aliphatic heterocycles. The number of benzene rings is 2. The second-order valence-corrected chi connectivity index (χ2v) is 5.97. The van der Waals surface area contributed by atoms with Gasteiger partial charge in [0.2, 0.25) is 5.95 Å². The molecular weight excluding hydrogens is 324 g/mol. The van der Waals surface area contributed by atoms with Gasteiger partial charge in [-0.3, -0.25) is 0 Å². The van der Waals surface area contributed by atoms with Crippen molar-refractivity contribution in [3.63, 3.8) is 0 Å². The second-order valence-electron chi connectivity index (χ2n) is 5.97. The summed E-state index contributed by atoms with van der Waals surface area (Å²) in [6.45, 7) is 3.60. The van der Waals surface area contributed by atoms with E-state index in [0.29, 0.717) is 12.6 Å². The van der Waals surface area contributed by atoms with E-state index in [0.717, 1.165) is 42.2 Å². The summed E-state index contributed by atoms with van der Waals surface area (Å²) in [6, 6.07) is 19.8. The van der Waals surface area contributed by atoms with Crippen LogP contribution in [0.3, 0.4) is 0 Å². The predicted octanol–water partition coefficient (Wildman–Crippen LogP) is 5.01. The number of hydrogen-bond donors (Lipinski definition) is 2. The van der Waals surface area contributed by atoms with E-state index in [2.05, 4.69) is 39.7 Å². The van der Waals surface area contributed by atoms with Crippen molar-refractivity contribution in [3.05, 3.63) is 72.4 Å². The minimum Gasteiger partial charge on any atom is -0.489 e. The van der Waals surface area contributed by atoms with Crippen LogP contribution in [0.1, 0.15) is 25.3 Å². The van der Waals surface area contributed by atoms with Crippen LogP contribution in [0.25, 0.3) is 0 Å². The fraction of sp³-hybridized carbons (Fsp3) is 0.238. The Morgan fingerprint density at radius 3 is 2.54 bits per heavy atom. The van der Waals surface area contributed by atoms with Crippen LogP contribution in [0.5, 0.6) is 5.75 Å². The molecular formula is C21H24N4O. The molecule has 0 amide bonds. The van der Waals surface area contributed by atoms with Crippen LogP contribution < -0.4 is 15.4 Å². The van der Waals surface area contributed by atoms with Crippen molar-refractivity contribution in [3.8, 4) is 5.75 Å². The standard InChI is InChI=1S/C21H24N4O/c1-2-3-14-22-21-23-15-13-20(25-21)24-18-9-11-19(12-10-18)26-16-17-7-5-4-6-8-17/h4-13,15H,2-3,14,16H2,1H3,(H2,22,23,24,25). The van der Waals surface area contributed by atoms with E-state index in [1.54, 1.807) is 6.20 Å². The third-order valence-electron chi connectivity index (χ3n) is 3.84. The molecule has 5 nitrogen and oxygen atoms in total. The Morgan fingerprint density at radius 1 is 0.962 bits per heavy atom. The monoisotopic (exact) mass is 348 g/mol. The van der Waals surface area contributed by atoms with Crippen molar-refractivity contribution in [1.29, 1.82) is 0 Å². The molecule has 0 aliphatic carbocycles. The number of anilines is 3. The normalized spacial score (nSPS) is 10.3. The highest BCUT2D eigenvalue weighted by molar-refractivity contribution is 5.57. The number of hydrogen-bond acceptors (Lipinski definition) is 5. The first-order valence-corrected chi connectivity index (χ1v) is 8.94. The van der Waals surface area contributed by atoms with Crippen molar-refractivity contribution >= 4 is 17.5 Å². The minimum absolute atomic E-state index is 0.562. The van der Waals surface area contributed by atoms with Crippen LogP contribution in [0.2, 0.25) is 0 Å². The van der Waals surface area contributed by atoms with Gasteiger partial charge in [-0.2, -0.15) is 4.98 Å². The maximum atomic E-state index is 5.81. The van der Waals surface area contributed by atoms with E-state index in [9.17, 15) is 0 Å². The van der Waals surface area contributed by atoms with Gasteiger partial charge in [0, 0.05) is 18.4 Å². The average Bonchev–Trinajstić information content (AvgIpc) is 2.69. The van der Waals surface area contributed by atoms with Gasteiger partial charge in [0.15, 0.2) is 0 Å². The average molecular weight is 348 g/mol. The van der Waals surface area contributed by atoms with E-state index in [-0.39, 0.29) is 0 Å². The first kappa shape index (κ1) is 17.7. The first-order chi connectivity index (χ1) is 12.8. The third kappa shape index (κ3) is 5.48. The molecule has 1 heterocycles. The molecule has 0 radical (unpaired) electrons. The molecule has 0 saturated carbocycles. The van der Waals surface area contributed by atoms with Gasteiger partial charge < -0.3 is 15.4 Å². The number of nitrogens with zero attached hydrogens (tertiary/aromatic N) is 2. The minimum atomic E-state index is 0.562. The number of aromatic nitrogens is 2. The molecule has 3 aromatic rings. The van der Waals surface area contributed by atoms with Crippen molar-refractivity contribution < 1.29 is 4.74 Å². The predicted molar refractivity (Wildman–Crippen MR) is 106 cm³/mol. The first-order valence-electron chi connectivity index (χ1n) is 8.94. The maximum absolute atomic E-state index is 5.81. The van der Waals surface area contributed by atoms with Gasteiger partial charge in [0.1, 0.15) is 18.2 Å². The Morgan fingerprint density at radius 2 is 1.77 bits per heavy atom. The maximum Gasteiger partial charge on any atom is 0.224 e. The quantitative estimate of drug-likeness (QED) is 0.532. The Kier molecular flexibility index (Phi) is 6.42. The van der Waals surface area contributed by atoms with Crippen LogP contribution >= 0.6 is 0 Å². The Balaban J connectivity index is 1.54. The lowest BCUT2D eigenvalue weighted by atomic mass is 10.2. The molecule has 1 aromatic heterocycles. The molecule has 26 heavy (non-hydrogen) atoms. The lowest BCUT2D eigenvalue weighted by Crippen LogP contribution is -2.06. The topological polar surface area (TPSA) is 59.1 Å². The molecule has 5 heteroatoms. The lowest BCUT2D eigenvalue weighted by molar-refractivity contribution is 0.306. The molecule has 0 fully saturated rings. The number of rotatable bonds is 9. The Hall–Kier alpha value is -3.08. The lowest BCUT2D eigenvalue weighted by Gasteiger charge is -2.10. The number of nitrogens with one attached hydrogen (secondary N) is 2. The summed E-state index contributed by atoms with van der Waals surface area (Å²) in [5, 5.41) is 6.52. The summed E-state index contributed by atoms with van der Waals surface area (Å²) >= 11 is 0. The highest BCUT2D eigenvalue weighted by atomic mass is 16.5. The highest BCUT2D eigenvalue weighted by Gasteiger charge is 2.01. The fourth-order valence-electron chi connectivity index (χ4n) is 2.41. The SMILES string of the molecule is CCCCNc1nccc(Nc2ccc(OCc3ccccc3)cc2)n1. The van der Waals surface area contributed by atoms with Crippen LogP contribution in [-0.4, -0.2) is 16.5 Å². The van der Waals surface area contributed by atoms with Gasteiger partial charge in [-0.05, 0) is 42.3 Å². The van der Waals surface area contributed by atoms with Crippen LogP contribution in [0, 0.1) is 0 Å². The fourth-order valence-corrected chi connectivity index (χ4v) is 2.41. The zero-order valence-corrected chi connectivity index (χ0v) is 15.0. The zero-order valence-electron chi connectivity index (χ0n) is 15.0. The molecule has 0 saturated heterocycles. The molecule has 3 rings (SSSR count). The molecule has 0 unspecified atom stereocenters. The molecule has 0 spiro atoms. The van der Waals surface area contributed by atoms with E-state index in [4.69, 9.17) is 4.74 Å². The van der Waals surface area contributed by atoms with Crippen molar-refractivity contribution in [2.75, 3.05) is 17.2 Å². The molecule has 2 aromatic carbocycles. The third-order valence-corrected chi connectivity index (χ3v) is 3.84. The largest absolute Gasteiger partial charge is 0.489 e. The Labute approximate surface area is 154 Å². The van der Waals surface area contributed by atoms with E-state index in [1.165, 1.54) is 0 Å². The molecule has 134 valence electrons. The van der Waals surface area contributed by atoms with Gasteiger partial charge >= 0.3 is 0 Å². The summed E-state index contributed by atoms with van der Waals surface area (Å²) in [5.41, 5.74) is 2.11. The van der Waals surface area contributed by atoms with E-state index >= 15 is 0 Å². The van der Waals surface area contributed by atoms with Gasteiger partial charge in [0.25, 0.3) is 0 Å². The molecule has 0 aliphatic rings. The van der Waals surface area contributed by atoms with Gasteiger partial charge in [0.05, 0.1) is 0 Å². The zero-order chi connectivity index (χ0) is 18.0. The molecule has 0 atom stereocenters. The van der Waals surface area contributed by atoms with E-state index in [1.807, 2.05) is 48.5 Å². The summed E-state index contributed by atoms with van der Waals surface area (Å²) in [4.78, 5) is 8.71. The summed E-state index contributed by atoms with van der Waals surface area (Å²) < 4.78 is 5.81. The van der Waals surface area contributed by atoms with Crippen molar-refractivity contribution in [2.45, 2.75) is 26.4 Å². The van der Waals surface area contributed by atoms with Crippen LogP contribution in [0.4, 0.5) is 17.5 Å². The molecule has 0 bridgehead atoms. The summed E-state index contributed by atoms with van der Waals surface area (Å²) in [5.74, 6) is 2.24. The molecule has 2 N–H and O–H groups in total. The summed E-state index contributed by atoms with van der Waals surface area (Å²) in [7, 11) is 0. The van der Waals surface area contributed by atoms with Crippen LogP contribution in [-0.2, 0) is 6.61 Å². The summed E-state index contributed by atoms with van der Waals surface area (Å²) in [6.07, 6.45) is 4.00. The highest BCUT2D eigenvalue weighted by Crippen LogP contribution is 2.20.